The summed E-state index contributed by atoms with van der Waals surface area (Å²) in [6, 6.07) is 17.2. The standard InChI is InChI=1S/C19H18O2/c1-13-17(21-18(20)14-9-5-4-6-10-14)15-11-7-8-12-16(15)19(13,2)3/h4-12H,1-3H3. The smallest absolute Gasteiger partial charge is 0.343 e. The lowest BCUT2D eigenvalue weighted by atomic mass is 9.82. The number of ether oxygens (including phenoxy) is 1. The Morgan fingerprint density at radius 2 is 1.57 bits per heavy atom. The van der Waals surface area contributed by atoms with Crippen LogP contribution in [-0.2, 0) is 10.2 Å². The van der Waals surface area contributed by atoms with Gasteiger partial charge in [0.05, 0.1) is 5.56 Å². The zero-order valence-electron chi connectivity index (χ0n) is 12.5. The molecule has 0 unspecified atom stereocenters. The molecule has 2 aromatic rings. The molecule has 1 aliphatic carbocycles. The molecule has 0 N–H and O–H groups in total. The first-order valence-electron chi connectivity index (χ1n) is 7.10. The Balaban J connectivity index is 1.99. The number of hydrogen-bond acceptors (Lipinski definition) is 2. The van der Waals surface area contributed by atoms with E-state index in [4.69, 9.17) is 4.74 Å². The van der Waals surface area contributed by atoms with Crippen LogP contribution in [0.1, 0.15) is 42.3 Å². The summed E-state index contributed by atoms with van der Waals surface area (Å²) in [5, 5.41) is 0. The Labute approximate surface area is 125 Å². The molecule has 0 radical (unpaired) electrons. The quantitative estimate of drug-likeness (QED) is 0.752. The van der Waals surface area contributed by atoms with Crippen LogP contribution in [-0.4, -0.2) is 5.97 Å². The predicted molar refractivity (Wildman–Crippen MR) is 83.9 cm³/mol. The molecular formula is C19H18O2. The van der Waals surface area contributed by atoms with Crippen molar-refractivity contribution < 1.29 is 9.53 Å². The number of rotatable bonds is 2. The van der Waals surface area contributed by atoms with Crippen molar-refractivity contribution in [2.45, 2.75) is 26.2 Å². The summed E-state index contributed by atoms with van der Waals surface area (Å²) < 4.78 is 5.71. The molecule has 2 heteroatoms. The summed E-state index contributed by atoms with van der Waals surface area (Å²) in [5.41, 5.74) is 3.78. The normalized spacial score (nSPS) is 15.8. The van der Waals surface area contributed by atoms with Gasteiger partial charge >= 0.3 is 5.97 Å². The van der Waals surface area contributed by atoms with E-state index >= 15 is 0 Å². The Morgan fingerprint density at radius 1 is 0.952 bits per heavy atom. The fourth-order valence-corrected chi connectivity index (χ4v) is 2.77. The molecule has 2 nitrogen and oxygen atoms in total. The van der Waals surface area contributed by atoms with Crippen LogP contribution in [0.3, 0.4) is 0 Å². The predicted octanol–water partition coefficient (Wildman–Crippen LogP) is 4.57. The Morgan fingerprint density at radius 3 is 2.29 bits per heavy atom. The minimum atomic E-state index is -0.308. The third kappa shape index (κ3) is 2.17. The molecular weight excluding hydrogens is 260 g/mol. The van der Waals surface area contributed by atoms with Gasteiger partial charge in [-0.05, 0) is 30.2 Å². The summed E-state index contributed by atoms with van der Waals surface area (Å²) >= 11 is 0. The highest BCUT2D eigenvalue weighted by molar-refractivity contribution is 5.94. The highest BCUT2D eigenvalue weighted by atomic mass is 16.5. The molecule has 0 bridgehead atoms. The Bertz CT molecular complexity index is 724. The van der Waals surface area contributed by atoms with E-state index in [0.717, 1.165) is 11.1 Å². The van der Waals surface area contributed by atoms with Crippen molar-refractivity contribution in [2.75, 3.05) is 0 Å². The van der Waals surface area contributed by atoms with Crippen molar-refractivity contribution >= 4 is 11.7 Å². The summed E-state index contributed by atoms with van der Waals surface area (Å²) in [7, 11) is 0. The fraction of sp³-hybridized carbons (Fsp3) is 0.211. The first-order valence-corrected chi connectivity index (χ1v) is 7.10. The second kappa shape index (κ2) is 4.88. The number of fused-ring (bicyclic) bond motifs is 1. The van der Waals surface area contributed by atoms with Crippen LogP contribution < -0.4 is 0 Å². The average Bonchev–Trinajstić information content (AvgIpc) is 2.70. The molecule has 0 amide bonds. The molecule has 0 aromatic heterocycles. The molecule has 106 valence electrons. The van der Waals surface area contributed by atoms with Crippen molar-refractivity contribution in [3.8, 4) is 0 Å². The van der Waals surface area contributed by atoms with Gasteiger partial charge in [-0.3, -0.25) is 0 Å². The average molecular weight is 278 g/mol. The minimum Gasteiger partial charge on any atom is -0.422 e. The van der Waals surface area contributed by atoms with Gasteiger partial charge < -0.3 is 4.74 Å². The van der Waals surface area contributed by atoms with Crippen molar-refractivity contribution in [1.82, 2.24) is 0 Å². The van der Waals surface area contributed by atoms with Crippen LogP contribution in [0.25, 0.3) is 5.76 Å². The van der Waals surface area contributed by atoms with E-state index in [1.807, 2.05) is 43.3 Å². The molecule has 0 aliphatic heterocycles. The molecule has 0 spiro atoms. The van der Waals surface area contributed by atoms with Crippen LogP contribution in [0, 0.1) is 0 Å². The topological polar surface area (TPSA) is 26.3 Å². The van der Waals surface area contributed by atoms with Crippen molar-refractivity contribution in [3.63, 3.8) is 0 Å². The third-order valence-corrected chi connectivity index (χ3v) is 4.33. The fourth-order valence-electron chi connectivity index (χ4n) is 2.77. The summed E-state index contributed by atoms with van der Waals surface area (Å²) in [6.07, 6.45) is 0. The number of benzene rings is 2. The second-order valence-corrected chi connectivity index (χ2v) is 5.88. The molecule has 0 saturated carbocycles. The van der Waals surface area contributed by atoms with E-state index in [0.29, 0.717) is 11.3 Å². The lowest BCUT2D eigenvalue weighted by Gasteiger charge is -2.21. The minimum absolute atomic E-state index is 0.108. The molecule has 2 aromatic carbocycles. The summed E-state index contributed by atoms with van der Waals surface area (Å²) in [5.74, 6) is 0.391. The molecule has 0 saturated heterocycles. The summed E-state index contributed by atoms with van der Waals surface area (Å²) in [4.78, 5) is 12.3. The highest BCUT2D eigenvalue weighted by Crippen LogP contribution is 2.46. The lowest BCUT2D eigenvalue weighted by molar-refractivity contribution is 0.0690. The van der Waals surface area contributed by atoms with Crippen molar-refractivity contribution in [3.05, 3.63) is 76.9 Å². The third-order valence-electron chi connectivity index (χ3n) is 4.33. The van der Waals surface area contributed by atoms with Gasteiger partial charge in [0, 0.05) is 11.0 Å². The number of carbonyl (C=O) groups excluding carboxylic acids is 1. The van der Waals surface area contributed by atoms with E-state index in [2.05, 4.69) is 19.9 Å². The van der Waals surface area contributed by atoms with Gasteiger partial charge in [0.2, 0.25) is 0 Å². The first-order chi connectivity index (χ1) is 10.0. The van der Waals surface area contributed by atoms with Gasteiger partial charge in [0.15, 0.2) is 0 Å². The van der Waals surface area contributed by atoms with Crippen molar-refractivity contribution in [2.24, 2.45) is 0 Å². The lowest BCUT2D eigenvalue weighted by Crippen LogP contribution is -2.15. The molecule has 0 fully saturated rings. The first kappa shape index (κ1) is 13.6. The highest BCUT2D eigenvalue weighted by Gasteiger charge is 2.37. The van der Waals surface area contributed by atoms with Gasteiger partial charge in [-0.15, -0.1) is 0 Å². The van der Waals surface area contributed by atoms with Gasteiger partial charge in [-0.2, -0.15) is 0 Å². The molecule has 0 atom stereocenters. The number of hydrogen-bond donors (Lipinski definition) is 0. The Kier molecular flexibility index (Phi) is 3.17. The van der Waals surface area contributed by atoms with E-state index < -0.39 is 0 Å². The number of esters is 1. The van der Waals surface area contributed by atoms with Gasteiger partial charge in [-0.25, -0.2) is 4.79 Å². The monoisotopic (exact) mass is 278 g/mol. The summed E-state index contributed by atoms with van der Waals surface area (Å²) in [6.45, 7) is 6.35. The zero-order chi connectivity index (χ0) is 15.0. The maximum absolute atomic E-state index is 12.3. The molecule has 1 aliphatic rings. The number of allylic oxidation sites excluding steroid dienone is 1. The largest absolute Gasteiger partial charge is 0.422 e. The van der Waals surface area contributed by atoms with E-state index in [1.165, 1.54) is 5.56 Å². The zero-order valence-corrected chi connectivity index (χ0v) is 12.5. The SMILES string of the molecule is CC1=C(OC(=O)c2ccccc2)c2ccccc2C1(C)C. The van der Waals surface area contributed by atoms with Crippen molar-refractivity contribution in [1.29, 1.82) is 0 Å². The van der Waals surface area contributed by atoms with Crippen LogP contribution in [0.15, 0.2) is 60.2 Å². The van der Waals surface area contributed by atoms with E-state index in [1.54, 1.807) is 12.1 Å². The van der Waals surface area contributed by atoms with Crippen LogP contribution in [0.5, 0.6) is 0 Å². The van der Waals surface area contributed by atoms with E-state index in [-0.39, 0.29) is 11.4 Å². The van der Waals surface area contributed by atoms with Crippen LogP contribution in [0.2, 0.25) is 0 Å². The second-order valence-electron chi connectivity index (χ2n) is 5.88. The van der Waals surface area contributed by atoms with Crippen LogP contribution in [0.4, 0.5) is 0 Å². The van der Waals surface area contributed by atoms with Gasteiger partial charge in [-0.1, -0.05) is 56.3 Å². The van der Waals surface area contributed by atoms with Gasteiger partial charge in [0.25, 0.3) is 0 Å². The Hall–Kier alpha value is -2.35. The molecule has 21 heavy (non-hydrogen) atoms. The maximum atomic E-state index is 12.3. The van der Waals surface area contributed by atoms with Crippen LogP contribution >= 0.6 is 0 Å². The molecule has 0 heterocycles. The van der Waals surface area contributed by atoms with Gasteiger partial charge in [0.1, 0.15) is 5.76 Å². The van der Waals surface area contributed by atoms with E-state index in [9.17, 15) is 4.79 Å². The molecule has 3 rings (SSSR count). The number of carbonyl (C=O) groups is 1. The maximum Gasteiger partial charge on any atom is 0.343 e.